The molecule has 1 fully saturated rings. The monoisotopic (exact) mass is 215 g/mol. The third-order valence-electron chi connectivity index (χ3n) is 3.67. The van der Waals surface area contributed by atoms with Crippen LogP contribution in [0.1, 0.15) is 50.0 Å². The molecule has 0 aliphatic heterocycles. The molecule has 0 radical (unpaired) electrons. The molecular weight excluding hydrogens is 198 g/mol. The molecule has 0 unspecified atom stereocenters. The molecule has 3 rings (SSSR count). The maximum atomic E-state index is 4.29. The molecule has 1 saturated carbocycles. The predicted octanol–water partition coefficient (Wildman–Crippen LogP) is 3.40. The van der Waals surface area contributed by atoms with Gasteiger partial charge < -0.3 is 0 Å². The Labute approximate surface area is 95.2 Å². The van der Waals surface area contributed by atoms with E-state index in [1.165, 1.54) is 44.1 Å². The maximum absolute atomic E-state index is 4.29. The molecule has 0 bridgehead atoms. The number of aromatic nitrogens is 3. The fourth-order valence-electron chi connectivity index (χ4n) is 2.81. The van der Waals surface area contributed by atoms with Crippen molar-refractivity contribution in [3.63, 3.8) is 0 Å². The van der Waals surface area contributed by atoms with Crippen molar-refractivity contribution in [2.24, 2.45) is 0 Å². The SMILES string of the molecule is c1cc(C2CCCCCC2)c2n[nH]nc2c1. The van der Waals surface area contributed by atoms with Gasteiger partial charge in [-0.2, -0.15) is 15.4 Å². The van der Waals surface area contributed by atoms with Gasteiger partial charge in [-0.1, -0.05) is 37.8 Å². The number of rotatable bonds is 1. The predicted molar refractivity (Wildman–Crippen MR) is 64.3 cm³/mol. The Morgan fingerprint density at radius 1 is 1.00 bits per heavy atom. The maximum Gasteiger partial charge on any atom is 0.116 e. The van der Waals surface area contributed by atoms with Crippen molar-refractivity contribution in [3.05, 3.63) is 23.8 Å². The van der Waals surface area contributed by atoms with Gasteiger partial charge in [-0.05, 0) is 30.4 Å². The molecule has 0 saturated heterocycles. The van der Waals surface area contributed by atoms with Crippen molar-refractivity contribution in [2.75, 3.05) is 0 Å². The second kappa shape index (κ2) is 4.24. The number of fused-ring (bicyclic) bond motifs is 1. The number of hydrogen-bond donors (Lipinski definition) is 1. The van der Waals surface area contributed by atoms with E-state index in [9.17, 15) is 0 Å². The lowest BCUT2D eigenvalue weighted by Crippen LogP contribution is -1.98. The lowest BCUT2D eigenvalue weighted by molar-refractivity contribution is 0.595. The summed E-state index contributed by atoms with van der Waals surface area (Å²) in [7, 11) is 0. The molecule has 1 aliphatic rings. The normalized spacial score (nSPS) is 18.8. The lowest BCUT2D eigenvalue weighted by Gasteiger charge is -2.14. The van der Waals surface area contributed by atoms with Gasteiger partial charge in [0, 0.05) is 0 Å². The average Bonchev–Trinajstić information content (AvgIpc) is 2.63. The average molecular weight is 215 g/mol. The van der Waals surface area contributed by atoms with Crippen LogP contribution in [0.15, 0.2) is 18.2 Å². The van der Waals surface area contributed by atoms with Gasteiger partial charge in [0.15, 0.2) is 0 Å². The lowest BCUT2D eigenvalue weighted by atomic mass is 9.91. The van der Waals surface area contributed by atoms with Gasteiger partial charge in [0.05, 0.1) is 0 Å². The Bertz CT molecular complexity index is 467. The van der Waals surface area contributed by atoms with Crippen LogP contribution in [0.4, 0.5) is 0 Å². The van der Waals surface area contributed by atoms with Crippen LogP contribution in [0.5, 0.6) is 0 Å². The number of para-hydroxylation sites is 1. The van der Waals surface area contributed by atoms with Crippen molar-refractivity contribution in [2.45, 2.75) is 44.4 Å². The van der Waals surface area contributed by atoms with E-state index in [2.05, 4.69) is 27.5 Å². The van der Waals surface area contributed by atoms with Crippen LogP contribution in [0, 0.1) is 0 Å². The van der Waals surface area contributed by atoms with Gasteiger partial charge >= 0.3 is 0 Å². The minimum atomic E-state index is 0.691. The van der Waals surface area contributed by atoms with E-state index in [1.54, 1.807) is 0 Å². The highest BCUT2D eigenvalue weighted by Gasteiger charge is 2.17. The van der Waals surface area contributed by atoms with E-state index in [4.69, 9.17) is 0 Å². The first-order chi connectivity index (χ1) is 7.95. The first-order valence-electron chi connectivity index (χ1n) is 6.24. The zero-order valence-electron chi connectivity index (χ0n) is 9.45. The second-order valence-electron chi connectivity index (χ2n) is 4.73. The molecule has 3 nitrogen and oxygen atoms in total. The highest BCUT2D eigenvalue weighted by Crippen LogP contribution is 2.34. The van der Waals surface area contributed by atoms with E-state index in [0.29, 0.717) is 5.92 Å². The number of hydrogen-bond acceptors (Lipinski definition) is 2. The summed E-state index contributed by atoms with van der Waals surface area (Å²) in [5.74, 6) is 0.691. The van der Waals surface area contributed by atoms with Crippen LogP contribution in [-0.2, 0) is 0 Å². The van der Waals surface area contributed by atoms with Crippen LogP contribution in [0.25, 0.3) is 11.0 Å². The van der Waals surface area contributed by atoms with Crippen molar-refractivity contribution in [1.29, 1.82) is 0 Å². The quantitative estimate of drug-likeness (QED) is 0.741. The number of benzene rings is 1. The number of aromatic amines is 1. The van der Waals surface area contributed by atoms with E-state index < -0.39 is 0 Å². The zero-order chi connectivity index (χ0) is 10.8. The van der Waals surface area contributed by atoms with Crippen molar-refractivity contribution in [3.8, 4) is 0 Å². The summed E-state index contributed by atoms with van der Waals surface area (Å²) in [5.41, 5.74) is 3.48. The van der Waals surface area contributed by atoms with Crippen LogP contribution in [-0.4, -0.2) is 15.4 Å². The Kier molecular flexibility index (Phi) is 2.60. The third-order valence-corrected chi connectivity index (χ3v) is 3.67. The molecule has 1 heterocycles. The second-order valence-corrected chi connectivity index (χ2v) is 4.73. The van der Waals surface area contributed by atoms with Crippen LogP contribution < -0.4 is 0 Å². The fraction of sp³-hybridized carbons (Fsp3) is 0.538. The Hall–Kier alpha value is -1.38. The molecule has 1 aromatic heterocycles. The van der Waals surface area contributed by atoms with Crippen molar-refractivity contribution >= 4 is 11.0 Å². The summed E-state index contributed by atoms with van der Waals surface area (Å²) >= 11 is 0. The molecule has 1 N–H and O–H groups in total. The smallest absolute Gasteiger partial charge is 0.116 e. The van der Waals surface area contributed by atoms with E-state index in [0.717, 1.165) is 11.0 Å². The minimum absolute atomic E-state index is 0.691. The van der Waals surface area contributed by atoms with E-state index in [1.807, 2.05) is 6.07 Å². The highest BCUT2D eigenvalue weighted by molar-refractivity contribution is 5.77. The molecule has 2 aromatic rings. The van der Waals surface area contributed by atoms with E-state index >= 15 is 0 Å². The van der Waals surface area contributed by atoms with Gasteiger partial charge in [-0.25, -0.2) is 0 Å². The molecule has 1 aliphatic carbocycles. The first-order valence-corrected chi connectivity index (χ1v) is 6.24. The first kappa shape index (κ1) is 9.82. The van der Waals surface area contributed by atoms with Crippen molar-refractivity contribution < 1.29 is 0 Å². The standard InChI is InChI=1S/C13H17N3/c1-2-4-7-10(6-3-1)11-8-5-9-12-13(11)15-16-14-12/h5,8-10H,1-4,6-7H2,(H,14,15,16). The number of nitrogens with one attached hydrogen (secondary N) is 1. The fourth-order valence-corrected chi connectivity index (χ4v) is 2.81. The Morgan fingerprint density at radius 3 is 2.62 bits per heavy atom. The van der Waals surface area contributed by atoms with Gasteiger partial charge in [-0.3, -0.25) is 0 Å². The number of nitrogens with zero attached hydrogens (tertiary/aromatic N) is 2. The Morgan fingerprint density at radius 2 is 1.81 bits per heavy atom. The largest absolute Gasteiger partial charge is 0.197 e. The molecule has 0 atom stereocenters. The van der Waals surface area contributed by atoms with Crippen LogP contribution >= 0.6 is 0 Å². The van der Waals surface area contributed by atoms with Crippen LogP contribution in [0.2, 0.25) is 0 Å². The molecule has 0 spiro atoms. The molecule has 16 heavy (non-hydrogen) atoms. The van der Waals surface area contributed by atoms with Gasteiger partial charge in [0.25, 0.3) is 0 Å². The topological polar surface area (TPSA) is 41.6 Å². The highest BCUT2D eigenvalue weighted by atomic mass is 15.3. The minimum Gasteiger partial charge on any atom is -0.197 e. The number of H-pyrrole nitrogens is 1. The van der Waals surface area contributed by atoms with Crippen LogP contribution in [0.3, 0.4) is 0 Å². The third kappa shape index (κ3) is 1.70. The summed E-state index contributed by atoms with van der Waals surface area (Å²) in [4.78, 5) is 0. The molecule has 84 valence electrons. The summed E-state index contributed by atoms with van der Waals surface area (Å²) in [6, 6.07) is 6.35. The molecule has 3 heteroatoms. The molecular formula is C13H17N3. The molecule has 1 aromatic carbocycles. The van der Waals surface area contributed by atoms with E-state index in [-0.39, 0.29) is 0 Å². The van der Waals surface area contributed by atoms with Gasteiger partial charge in [0.1, 0.15) is 11.0 Å². The summed E-state index contributed by atoms with van der Waals surface area (Å²) in [5, 5.41) is 11.2. The summed E-state index contributed by atoms with van der Waals surface area (Å²) < 4.78 is 0. The Balaban J connectivity index is 2.00. The van der Waals surface area contributed by atoms with Crippen molar-refractivity contribution in [1.82, 2.24) is 15.4 Å². The van der Waals surface area contributed by atoms with Gasteiger partial charge in [-0.15, -0.1) is 0 Å². The summed E-state index contributed by atoms with van der Waals surface area (Å²) in [6.07, 6.45) is 8.13. The summed E-state index contributed by atoms with van der Waals surface area (Å²) in [6.45, 7) is 0. The molecule has 0 amide bonds. The van der Waals surface area contributed by atoms with Gasteiger partial charge in [0.2, 0.25) is 0 Å². The zero-order valence-corrected chi connectivity index (χ0v) is 9.45.